The van der Waals surface area contributed by atoms with Crippen molar-refractivity contribution >= 4 is 29.1 Å². The van der Waals surface area contributed by atoms with Gasteiger partial charge in [0.25, 0.3) is 11.7 Å². The van der Waals surface area contributed by atoms with Crippen LogP contribution in [-0.2, 0) is 20.7 Å². The minimum atomic E-state index is -0.994. The summed E-state index contributed by atoms with van der Waals surface area (Å²) in [6.45, 7) is 2.68. The molecule has 0 spiro atoms. The fraction of sp³-hybridized carbons (Fsp3) is 0.207. The maximum atomic E-state index is 13.4. The number of phenolic OH excluding ortho intramolecular Hbond substituents is 1. The Morgan fingerprint density at radius 3 is 2.59 bits per heavy atom. The molecule has 8 heteroatoms. The van der Waals surface area contributed by atoms with Crippen LogP contribution >= 0.6 is 0 Å². The van der Waals surface area contributed by atoms with E-state index in [1.807, 2.05) is 6.92 Å². The zero-order chi connectivity index (χ0) is 26.1. The molecule has 2 aliphatic rings. The number of hydrogen-bond acceptors (Lipinski definition) is 7. The second kappa shape index (κ2) is 9.81. The quantitative estimate of drug-likeness (QED) is 0.222. The first-order chi connectivity index (χ1) is 17.9. The number of ketones is 1. The standard InChI is InChI=1S/C29H25NO7/c1-2-13-37-29(35)20-4-3-5-21(16-20)30-25(17-6-9-22(31)10-7-17)24(27(33)28(30)34)26(32)19-8-11-23-18(15-19)12-14-36-23/h3-11,15-16,25,31-32H,2,12-14H2,1H3/b26-24-. The zero-order valence-corrected chi connectivity index (χ0v) is 20.1. The highest BCUT2D eigenvalue weighted by molar-refractivity contribution is 6.51. The van der Waals surface area contributed by atoms with Gasteiger partial charge in [-0.1, -0.05) is 25.1 Å². The molecule has 0 aromatic heterocycles. The first-order valence-electron chi connectivity index (χ1n) is 12.0. The summed E-state index contributed by atoms with van der Waals surface area (Å²) in [7, 11) is 0. The van der Waals surface area contributed by atoms with Gasteiger partial charge in [0, 0.05) is 17.7 Å². The van der Waals surface area contributed by atoms with Gasteiger partial charge in [-0.25, -0.2) is 4.79 Å². The third kappa shape index (κ3) is 4.42. The molecular weight excluding hydrogens is 474 g/mol. The monoisotopic (exact) mass is 499 g/mol. The van der Waals surface area contributed by atoms with Crippen LogP contribution in [-0.4, -0.2) is 41.1 Å². The summed E-state index contributed by atoms with van der Waals surface area (Å²) in [4.78, 5) is 40.5. The largest absolute Gasteiger partial charge is 0.508 e. The smallest absolute Gasteiger partial charge is 0.338 e. The summed E-state index contributed by atoms with van der Waals surface area (Å²) in [5.74, 6) is -1.82. The number of hydrogen-bond donors (Lipinski definition) is 2. The topological polar surface area (TPSA) is 113 Å². The van der Waals surface area contributed by atoms with E-state index >= 15 is 0 Å². The van der Waals surface area contributed by atoms with E-state index in [1.165, 1.54) is 23.1 Å². The van der Waals surface area contributed by atoms with E-state index in [1.54, 1.807) is 48.5 Å². The van der Waals surface area contributed by atoms with Crippen LogP contribution in [0, 0.1) is 0 Å². The lowest BCUT2D eigenvalue weighted by Gasteiger charge is -2.26. The highest BCUT2D eigenvalue weighted by atomic mass is 16.5. The number of esters is 1. The Bertz CT molecular complexity index is 1420. The van der Waals surface area contributed by atoms with E-state index in [9.17, 15) is 24.6 Å². The van der Waals surface area contributed by atoms with Crippen molar-refractivity contribution in [2.24, 2.45) is 0 Å². The molecule has 1 atom stereocenters. The van der Waals surface area contributed by atoms with Gasteiger partial charge in [0.2, 0.25) is 0 Å². The number of Topliss-reactive ketones (excluding diaryl/α,β-unsaturated/α-hetero) is 1. The number of aromatic hydroxyl groups is 1. The number of aliphatic hydroxyl groups excluding tert-OH is 1. The van der Waals surface area contributed by atoms with E-state index in [2.05, 4.69) is 0 Å². The minimum Gasteiger partial charge on any atom is -0.508 e. The molecule has 2 aliphatic heterocycles. The van der Waals surface area contributed by atoms with Gasteiger partial charge in [0.15, 0.2) is 0 Å². The van der Waals surface area contributed by atoms with Crippen LogP contribution in [0.1, 0.15) is 46.4 Å². The number of nitrogens with zero attached hydrogens (tertiary/aromatic N) is 1. The maximum Gasteiger partial charge on any atom is 0.338 e. The molecule has 1 unspecified atom stereocenters. The van der Waals surface area contributed by atoms with Crippen molar-refractivity contribution in [3.8, 4) is 11.5 Å². The minimum absolute atomic E-state index is 0.0139. The second-order valence-electron chi connectivity index (χ2n) is 8.87. The average Bonchev–Trinajstić information content (AvgIpc) is 3.49. The number of carbonyl (C=O) groups excluding carboxylic acids is 3. The lowest BCUT2D eigenvalue weighted by molar-refractivity contribution is -0.132. The Morgan fingerprint density at radius 1 is 1.05 bits per heavy atom. The number of carbonyl (C=O) groups is 3. The molecule has 188 valence electrons. The third-order valence-corrected chi connectivity index (χ3v) is 6.41. The summed E-state index contributed by atoms with van der Waals surface area (Å²) >= 11 is 0. The highest BCUT2D eigenvalue weighted by Crippen LogP contribution is 2.43. The molecule has 0 radical (unpaired) electrons. The van der Waals surface area contributed by atoms with Gasteiger partial charge < -0.3 is 19.7 Å². The lowest BCUT2D eigenvalue weighted by Crippen LogP contribution is -2.29. The van der Waals surface area contributed by atoms with Gasteiger partial charge >= 0.3 is 5.97 Å². The SMILES string of the molecule is CCCOC(=O)c1cccc(N2C(=O)C(=O)/C(=C(\O)c3ccc4c(c3)CCO4)C2c2ccc(O)cc2)c1. The Morgan fingerprint density at radius 2 is 1.84 bits per heavy atom. The molecule has 1 fully saturated rings. The van der Waals surface area contributed by atoms with Gasteiger partial charge in [-0.15, -0.1) is 0 Å². The first-order valence-corrected chi connectivity index (χ1v) is 12.0. The molecule has 0 bridgehead atoms. The number of fused-ring (bicyclic) bond motifs is 1. The summed E-state index contributed by atoms with van der Waals surface area (Å²) in [5, 5.41) is 21.2. The number of rotatable bonds is 6. The fourth-order valence-corrected chi connectivity index (χ4v) is 4.62. The number of amides is 1. The Labute approximate surface area is 213 Å². The van der Waals surface area contributed by atoms with E-state index in [0.29, 0.717) is 36.3 Å². The van der Waals surface area contributed by atoms with Crippen LogP contribution < -0.4 is 9.64 Å². The van der Waals surface area contributed by atoms with Crippen molar-refractivity contribution in [3.05, 3.63) is 94.6 Å². The van der Waals surface area contributed by atoms with Crippen LogP contribution in [0.15, 0.2) is 72.3 Å². The molecule has 1 saturated heterocycles. The molecule has 37 heavy (non-hydrogen) atoms. The summed E-state index contributed by atoms with van der Waals surface area (Å²) in [5.41, 5.74) is 2.24. The average molecular weight is 500 g/mol. The Balaban J connectivity index is 1.64. The van der Waals surface area contributed by atoms with Gasteiger partial charge in [-0.3, -0.25) is 14.5 Å². The van der Waals surface area contributed by atoms with E-state index in [0.717, 1.165) is 11.3 Å². The predicted octanol–water partition coefficient (Wildman–Crippen LogP) is 4.52. The molecule has 3 aromatic rings. The zero-order valence-electron chi connectivity index (χ0n) is 20.1. The van der Waals surface area contributed by atoms with E-state index in [4.69, 9.17) is 9.47 Å². The molecule has 0 aliphatic carbocycles. The normalized spacial score (nSPS) is 18.0. The summed E-state index contributed by atoms with van der Waals surface area (Å²) < 4.78 is 10.8. The van der Waals surface area contributed by atoms with Crippen molar-refractivity contribution in [2.45, 2.75) is 25.8 Å². The van der Waals surface area contributed by atoms with Gasteiger partial charge in [-0.05, 0) is 66.1 Å². The third-order valence-electron chi connectivity index (χ3n) is 6.41. The van der Waals surface area contributed by atoms with Crippen LogP contribution in [0.3, 0.4) is 0 Å². The number of phenols is 1. The van der Waals surface area contributed by atoms with Crippen LogP contribution in [0.5, 0.6) is 11.5 Å². The predicted molar refractivity (Wildman–Crippen MR) is 136 cm³/mol. The van der Waals surface area contributed by atoms with E-state index in [-0.39, 0.29) is 29.3 Å². The summed E-state index contributed by atoms with van der Waals surface area (Å²) in [6.07, 6.45) is 1.34. The molecule has 5 rings (SSSR count). The molecule has 2 N–H and O–H groups in total. The molecule has 1 amide bonds. The van der Waals surface area contributed by atoms with Crippen LogP contribution in [0.4, 0.5) is 5.69 Å². The molecule has 0 saturated carbocycles. The first kappa shape index (κ1) is 24.1. The summed E-state index contributed by atoms with van der Waals surface area (Å²) in [6, 6.07) is 16.5. The Kier molecular flexibility index (Phi) is 6.40. The van der Waals surface area contributed by atoms with Gasteiger partial charge in [0.05, 0.1) is 30.4 Å². The van der Waals surface area contributed by atoms with Crippen molar-refractivity contribution < 1.29 is 34.1 Å². The van der Waals surface area contributed by atoms with Crippen molar-refractivity contribution in [1.82, 2.24) is 0 Å². The van der Waals surface area contributed by atoms with E-state index < -0.39 is 23.7 Å². The molecular formula is C29H25NO7. The van der Waals surface area contributed by atoms with Crippen LogP contribution in [0.2, 0.25) is 0 Å². The molecule has 8 nitrogen and oxygen atoms in total. The second-order valence-corrected chi connectivity index (χ2v) is 8.87. The number of ether oxygens (including phenoxy) is 2. The molecule has 2 heterocycles. The van der Waals surface area contributed by atoms with Crippen molar-refractivity contribution in [1.29, 1.82) is 0 Å². The number of aliphatic hydroxyl groups is 1. The van der Waals surface area contributed by atoms with Crippen molar-refractivity contribution in [2.75, 3.05) is 18.1 Å². The number of benzene rings is 3. The maximum absolute atomic E-state index is 13.4. The van der Waals surface area contributed by atoms with Crippen molar-refractivity contribution in [3.63, 3.8) is 0 Å². The van der Waals surface area contributed by atoms with Gasteiger partial charge in [-0.2, -0.15) is 0 Å². The fourth-order valence-electron chi connectivity index (χ4n) is 4.62. The number of anilines is 1. The van der Waals surface area contributed by atoms with Crippen LogP contribution in [0.25, 0.3) is 5.76 Å². The van der Waals surface area contributed by atoms with Gasteiger partial charge in [0.1, 0.15) is 17.3 Å². The lowest BCUT2D eigenvalue weighted by atomic mass is 9.94. The Hall–Kier alpha value is -4.59. The highest BCUT2D eigenvalue weighted by Gasteiger charge is 2.47. The molecule has 3 aromatic carbocycles.